The van der Waals surface area contributed by atoms with Crippen molar-refractivity contribution in [1.29, 1.82) is 0 Å². The molecule has 296 valence electrons. The van der Waals surface area contributed by atoms with E-state index < -0.39 is 29.7 Å². The summed E-state index contributed by atoms with van der Waals surface area (Å²) >= 11 is 6.52. The Morgan fingerprint density at radius 2 is 1.74 bits per heavy atom. The summed E-state index contributed by atoms with van der Waals surface area (Å²) in [7, 11) is 1.65. The molecule has 57 heavy (non-hydrogen) atoms. The average Bonchev–Trinajstić information content (AvgIpc) is 3.42. The number of halogens is 1. The second-order valence-corrected chi connectivity index (χ2v) is 15.3. The van der Waals surface area contributed by atoms with Crippen molar-refractivity contribution in [2.75, 3.05) is 54.5 Å². The van der Waals surface area contributed by atoms with Crippen LogP contribution in [0.3, 0.4) is 0 Å². The third-order valence-corrected chi connectivity index (χ3v) is 11.3. The molecule has 0 saturated carbocycles. The average molecular weight is 797 g/mol. The fraction of sp³-hybridized carbons (Fsp3) is 0.400. The number of nitrogens with zero attached hydrogens (tertiary/aromatic N) is 6. The number of amides is 4. The Morgan fingerprint density at radius 3 is 2.49 bits per heavy atom. The molecule has 4 aliphatic heterocycles. The quantitative estimate of drug-likeness (QED) is 0.199. The molecule has 0 aliphatic carbocycles. The van der Waals surface area contributed by atoms with Crippen LogP contribution in [-0.2, 0) is 26.2 Å². The first kappa shape index (κ1) is 38.0. The van der Waals surface area contributed by atoms with E-state index in [4.69, 9.17) is 26.1 Å². The van der Waals surface area contributed by atoms with E-state index in [1.807, 2.05) is 24.3 Å². The van der Waals surface area contributed by atoms with Gasteiger partial charge in [-0.15, -0.1) is 0 Å². The zero-order valence-corrected chi connectivity index (χ0v) is 32.2. The highest BCUT2D eigenvalue weighted by Gasteiger charge is 2.45. The van der Waals surface area contributed by atoms with Crippen LogP contribution in [0.2, 0.25) is 5.02 Å². The summed E-state index contributed by atoms with van der Waals surface area (Å²) in [6, 6.07) is 11.3. The fourth-order valence-corrected chi connectivity index (χ4v) is 7.92. The molecule has 3 fully saturated rings. The Labute approximate surface area is 332 Å². The Balaban J connectivity index is 0.802. The van der Waals surface area contributed by atoms with Gasteiger partial charge in [0, 0.05) is 63.0 Å². The highest BCUT2D eigenvalue weighted by Crippen LogP contribution is 2.33. The maximum Gasteiger partial charge on any atom is 0.293 e. The fourth-order valence-electron chi connectivity index (χ4n) is 7.78. The third kappa shape index (κ3) is 7.66. The van der Waals surface area contributed by atoms with Gasteiger partial charge in [-0.1, -0.05) is 11.6 Å². The molecule has 4 aliphatic rings. The van der Waals surface area contributed by atoms with Crippen LogP contribution in [-0.4, -0.2) is 100 Å². The lowest BCUT2D eigenvalue weighted by molar-refractivity contribution is -0.136. The topological polar surface area (TPSA) is 185 Å². The molecule has 2 aromatic heterocycles. The monoisotopic (exact) mass is 796 g/mol. The van der Waals surface area contributed by atoms with Gasteiger partial charge < -0.3 is 29.2 Å². The number of carbonyl (C=O) groups excluding carboxylic acids is 5. The number of carbonyl (C=O) groups is 5. The van der Waals surface area contributed by atoms with Crippen molar-refractivity contribution in [3.8, 4) is 5.75 Å². The molecule has 16 nitrogen and oxygen atoms in total. The first-order valence-electron chi connectivity index (χ1n) is 19.0. The number of pyridine rings is 1. The van der Waals surface area contributed by atoms with Crippen molar-refractivity contribution >= 4 is 75.1 Å². The second-order valence-electron chi connectivity index (χ2n) is 14.9. The van der Waals surface area contributed by atoms with Gasteiger partial charge >= 0.3 is 0 Å². The number of imide groups is 2. The molecule has 4 amide bonds. The minimum absolute atomic E-state index is 0.0562. The molecule has 4 aromatic rings. The summed E-state index contributed by atoms with van der Waals surface area (Å²) in [5.41, 5.74) is 2.42. The van der Waals surface area contributed by atoms with E-state index in [0.29, 0.717) is 53.6 Å². The third-order valence-electron chi connectivity index (χ3n) is 11.0. The van der Waals surface area contributed by atoms with Crippen LogP contribution < -0.4 is 30.7 Å². The Bertz CT molecular complexity index is 2370. The van der Waals surface area contributed by atoms with Crippen LogP contribution in [0, 0.1) is 5.92 Å². The van der Waals surface area contributed by atoms with Gasteiger partial charge in [0.2, 0.25) is 17.8 Å². The highest BCUT2D eigenvalue weighted by atomic mass is 35.5. The van der Waals surface area contributed by atoms with E-state index in [9.17, 15) is 28.8 Å². The van der Waals surface area contributed by atoms with Crippen LogP contribution in [0.1, 0.15) is 59.7 Å². The summed E-state index contributed by atoms with van der Waals surface area (Å²) < 4.78 is 13.1. The molecule has 2 aromatic carbocycles. The maximum atomic E-state index is 13.2. The van der Waals surface area contributed by atoms with E-state index in [-0.39, 0.29) is 53.8 Å². The molecule has 3 saturated heterocycles. The van der Waals surface area contributed by atoms with Crippen LogP contribution in [0.4, 0.5) is 23.1 Å². The molecule has 0 spiro atoms. The number of nitrogens with one attached hydrogen (secondary N) is 2. The Hall–Kier alpha value is -5.87. The Kier molecular flexibility index (Phi) is 10.4. The molecular weight excluding hydrogens is 756 g/mol. The van der Waals surface area contributed by atoms with Crippen molar-refractivity contribution in [2.45, 2.75) is 51.2 Å². The number of anilines is 4. The summed E-state index contributed by atoms with van der Waals surface area (Å²) in [5.74, 6) is -0.623. The predicted octanol–water partition coefficient (Wildman–Crippen LogP) is 3.61. The normalized spacial score (nSPS) is 18.9. The van der Waals surface area contributed by atoms with E-state index in [1.54, 1.807) is 31.4 Å². The number of aromatic nitrogens is 3. The summed E-state index contributed by atoms with van der Waals surface area (Å²) in [5, 5.41) is 6.61. The zero-order chi connectivity index (χ0) is 40.0. The van der Waals surface area contributed by atoms with E-state index >= 15 is 0 Å². The van der Waals surface area contributed by atoms with Crippen molar-refractivity contribution in [1.82, 2.24) is 24.8 Å². The van der Waals surface area contributed by atoms with Gasteiger partial charge in [0.25, 0.3) is 17.4 Å². The number of piperidine rings is 2. The van der Waals surface area contributed by atoms with Gasteiger partial charge in [-0.3, -0.25) is 39.0 Å². The van der Waals surface area contributed by atoms with Crippen molar-refractivity contribution in [3.05, 3.63) is 75.2 Å². The van der Waals surface area contributed by atoms with Gasteiger partial charge in [-0.2, -0.15) is 4.98 Å². The predicted molar refractivity (Wildman–Crippen MR) is 210 cm³/mol. The Morgan fingerprint density at radius 1 is 0.965 bits per heavy atom. The summed E-state index contributed by atoms with van der Waals surface area (Å²) in [6.45, 7) is 4.75. The van der Waals surface area contributed by atoms with E-state index in [2.05, 4.69) is 25.4 Å². The molecule has 8 rings (SSSR count). The van der Waals surface area contributed by atoms with Crippen LogP contribution in [0.15, 0.2) is 53.5 Å². The maximum absolute atomic E-state index is 13.2. The van der Waals surface area contributed by atoms with Crippen LogP contribution >= 0.6 is 11.6 Å². The number of Topliss-reactive ketones (excluding diaryl/α,β-unsaturated/α-hetero) is 1. The summed E-state index contributed by atoms with van der Waals surface area (Å²) in [6.07, 6.45) is 4.69. The lowest BCUT2D eigenvalue weighted by Crippen LogP contribution is -2.54. The molecular formula is C40H41ClN8O8. The molecule has 2 N–H and O–H groups in total. The van der Waals surface area contributed by atoms with Gasteiger partial charge in [0.15, 0.2) is 17.4 Å². The first-order valence-corrected chi connectivity index (χ1v) is 19.3. The molecule has 0 bridgehead atoms. The minimum atomic E-state index is -0.991. The van der Waals surface area contributed by atoms with Crippen molar-refractivity contribution < 1.29 is 33.4 Å². The molecule has 1 atom stereocenters. The minimum Gasteiger partial charge on any atom is -0.480 e. The molecule has 0 radical (unpaired) electrons. The van der Waals surface area contributed by atoms with Crippen molar-refractivity contribution in [3.63, 3.8) is 0 Å². The number of fused-ring (bicyclic) bond motifs is 2. The first-order chi connectivity index (χ1) is 27.4. The second kappa shape index (κ2) is 15.6. The largest absolute Gasteiger partial charge is 0.480 e. The van der Waals surface area contributed by atoms with E-state index in [0.717, 1.165) is 48.3 Å². The lowest BCUT2D eigenvalue weighted by Gasteiger charge is -2.41. The molecule has 1 unspecified atom stereocenters. The number of hydrogen-bond acceptors (Lipinski definition) is 13. The van der Waals surface area contributed by atoms with Gasteiger partial charge in [-0.05, 0) is 81.0 Å². The number of hydrogen-bond donors (Lipinski definition) is 2. The lowest BCUT2D eigenvalue weighted by atomic mass is 9.94. The van der Waals surface area contributed by atoms with Crippen molar-refractivity contribution in [2.24, 2.45) is 13.0 Å². The van der Waals surface area contributed by atoms with Gasteiger partial charge in [0.05, 0.1) is 28.9 Å². The number of aryl methyl sites for hydroxylation is 1. The molecule has 6 heterocycles. The number of ether oxygens (including phenoxy) is 2. The van der Waals surface area contributed by atoms with Gasteiger partial charge in [-0.25, -0.2) is 4.98 Å². The number of ketones is 1. The zero-order valence-electron chi connectivity index (χ0n) is 31.5. The van der Waals surface area contributed by atoms with Gasteiger partial charge in [0.1, 0.15) is 17.7 Å². The smallest absolute Gasteiger partial charge is 0.293 e. The van der Waals surface area contributed by atoms with Crippen LogP contribution in [0.25, 0.3) is 10.9 Å². The number of benzene rings is 2. The standard InChI is InChI=1S/C40H41ClN8O8/c1-22(50)21-57-33-16-24-15-25(3-6-31(24)46(2)39(33)55)43-35-30(41)18-42-40(45-35)47-12-9-23(10-13-47)11-14-56-27-19-48(20-27)26-4-5-28-29(17-26)38(54)49(37(28)53)32-7-8-34(51)44-36(32)52/h3-6,15-18,23,27,32H,7-14,19-21H2,1-2H3,(H,42,43,45)(H,44,51,52). The molecule has 17 heteroatoms. The highest BCUT2D eigenvalue weighted by molar-refractivity contribution is 6.33. The number of rotatable bonds is 12. The van der Waals surface area contributed by atoms with Crippen LogP contribution in [0.5, 0.6) is 5.75 Å². The SMILES string of the molecule is CC(=O)COc1cc2cc(Nc3nc(N4CCC(CCOC5CN(c6ccc7c(c6)C(=O)N(C6CCC(=O)NC6=O)C7=O)C5)CC4)ncc3Cl)ccc2n(C)c1=O. The van der Waals surface area contributed by atoms with E-state index in [1.165, 1.54) is 11.5 Å². The summed E-state index contributed by atoms with van der Waals surface area (Å²) in [4.78, 5) is 88.8.